The van der Waals surface area contributed by atoms with Crippen molar-refractivity contribution >= 4 is 23.2 Å². The quantitative estimate of drug-likeness (QED) is 0.813. The molecule has 0 aromatic heterocycles. The van der Waals surface area contributed by atoms with Gasteiger partial charge in [0.25, 0.3) is 0 Å². The Bertz CT molecular complexity index is 289. The van der Waals surface area contributed by atoms with E-state index in [1.54, 1.807) is 18.2 Å². The van der Waals surface area contributed by atoms with Crippen LogP contribution in [0.3, 0.4) is 0 Å². The van der Waals surface area contributed by atoms with E-state index in [1.807, 2.05) is 13.0 Å². The van der Waals surface area contributed by atoms with E-state index in [1.165, 1.54) is 0 Å². The first kappa shape index (κ1) is 11.6. The summed E-state index contributed by atoms with van der Waals surface area (Å²) >= 11 is 11.2. The van der Waals surface area contributed by atoms with E-state index in [2.05, 4.69) is 0 Å². The monoisotopic (exact) mass is 234 g/mol. The molecule has 0 aliphatic carbocycles. The minimum absolute atomic E-state index is 0.541. The number of para-hydroxylation sites is 1. The second kappa shape index (κ2) is 5.44. The minimum Gasteiger partial charge on any atom is -0.493 e. The molecule has 0 heterocycles. The molecule has 78 valence electrons. The van der Waals surface area contributed by atoms with Crippen molar-refractivity contribution < 1.29 is 9.84 Å². The summed E-state index contributed by atoms with van der Waals surface area (Å²) in [5.74, 6) is 0.619. The summed E-state index contributed by atoms with van der Waals surface area (Å²) in [6, 6.07) is 7.15. The molecule has 0 aliphatic heterocycles. The highest BCUT2D eigenvalue weighted by molar-refractivity contribution is 6.44. The van der Waals surface area contributed by atoms with Gasteiger partial charge in [-0.05, 0) is 13.0 Å². The fraction of sp³-hybridized carbons (Fsp3) is 0.400. The van der Waals surface area contributed by atoms with Crippen LogP contribution in [0.1, 0.15) is 18.6 Å². The summed E-state index contributed by atoms with van der Waals surface area (Å²) in [7, 11) is 0. The van der Waals surface area contributed by atoms with E-state index in [0.717, 1.165) is 0 Å². The Balaban J connectivity index is 2.94. The van der Waals surface area contributed by atoms with E-state index in [4.69, 9.17) is 27.9 Å². The Morgan fingerprint density at radius 2 is 2.00 bits per heavy atom. The van der Waals surface area contributed by atoms with Gasteiger partial charge in [0.05, 0.1) is 6.61 Å². The van der Waals surface area contributed by atoms with Crippen LogP contribution in [-0.4, -0.2) is 16.5 Å². The van der Waals surface area contributed by atoms with Gasteiger partial charge in [-0.1, -0.05) is 18.2 Å². The zero-order chi connectivity index (χ0) is 10.6. The van der Waals surface area contributed by atoms with Crippen molar-refractivity contribution in [3.05, 3.63) is 29.8 Å². The highest BCUT2D eigenvalue weighted by Crippen LogP contribution is 2.30. The molecule has 4 heteroatoms. The average Bonchev–Trinajstić information content (AvgIpc) is 2.18. The predicted molar refractivity (Wildman–Crippen MR) is 58.1 cm³/mol. The standard InChI is InChI=1S/C10H12Cl2O2/c1-2-14-8-6-4-3-5-7(8)9(13)10(11)12/h3-6,9-10,13H,2H2,1H3. The molecule has 2 nitrogen and oxygen atoms in total. The average molecular weight is 235 g/mol. The summed E-state index contributed by atoms with van der Waals surface area (Å²) in [5, 5.41) is 9.66. The van der Waals surface area contributed by atoms with Gasteiger partial charge in [-0.2, -0.15) is 0 Å². The van der Waals surface area contributed by atoms with Gasteiger partial charge in [-0.25, -0.2) is 0 Å². The summed E-state index contributed by atoms with van der Waals surface area (Å²) in [6.07, 6.45) is -0.916. The van der Waals surface area contributed by atoms with Crippen LogP contribution in [0.2, 0.25) is 0 Å². The summed E-state index contributed by atoms with van der Waals surface area (Å²) in [6.45, 7) is 2.42. The molecule has 1 rings (SSSR count). The van der Waals surface area contributed by atoms with Crippen molar-refractivity contribution in [3.63, 3.8) is 0 Å². The molecule has 0 spiro atoms. The molecule has 14 heavy (non-hydrogen) atoms. The van der Waals surface area contributed by atoms with Gasteiger partial charge in [0.15, 0.2) is 0 Å². The van der Waals surface area contributed by atoms with E-state index < -0.39 is 10.9 Å². The maximum absolute atomic E-state index is 9.66. The van der Waals surface area contributed by atoms with Crippen LogP contribution in [0, 0.1) is 0 Å². The molecule has 0 saturated heterocycles. The largest absolute Gasteiger partial charge is 0.493 e. The topological polar surface area (TPSA) is 29.5 Å². The Labute approximate surface area is 93.4 Å². The van der Waals surface area contributed by atoms with Crippen molar-refractivity contribution in [2.75, 3.05) is 6.61 Å². The van der Waals surface area contributed by atoms with Crippen molar-refractivity contribution in [3.8, 4) is 5.75 Å². The number of hydrogen-bond acceptors (Lipinski definition) is 2. The smallest absolute Gasteiger partial charge is 0.137 e. The molecule has 0 aliphatic rings. The van der Waals surface area contributed by atoms with Crippen LogP contribution in [0.5, 0.6) is 5.75 Å². The first-order chi connectivity index (χ1) is 6.66. The first-order valence-corrected chi connectivity index (χ1v) is 5.22. The van der Waals surface area contributed by atoms with Crippen LogP contribution in [0.25, 0.3) is 0 Å². The van der Waals surface area contributed by atoms with Crippen molar-refractivity contribution in [2.45, 2.75) is 17.9 Å². The molecule has 0 radical (unpaired) electrons. The number of halogens is 2. The number of alkyl halides is 2. The molecule has 1 unspecified atom stereocenters. The lowest BCUT2D eigenvalue weighted by Gasteiger charge is -2.15. The molecular weight excluding hydrogens is 223 g/mol. The van der Waals surface area contributed by atoms with Crippen molar-refractivity contribution in [2.24, 2.45) is 0 Å². The summed E-state index contributed by atoms with van der Waals surface area (Å²) in [4.78, 5) is -0.850. The fourth-order valence-electron chi connectivity index (χ4n) is 1.15. The lowest BCUT2D eigenvalue weighted by atomic mass is 10.1. The highest BCUT2D eigenvalue weighted by atomic mass is 35.5. The van der Waals surface area contributed by atoms with Crippen LogP contribution >= 0.6 is 23.2 Å². The van der Waals surface area contributed by atoms with Gasteiger partial charge in [0, 0.05) is 5.56 Å². The molecule has 1 aromatic rings. The van der Waals surface area contributed by atoms with Crippen molar-refractivity contribution in [1.29, 1.82) is 0 Å². The highest BCUT2D eigenvalue weighted by Gasteiger charge is 2.19. The second-order valence-corrected chi connectivity index (χ2v) is 3.91. The number of ether oxygens (including phenoxy) is 1. The van der Waals surface area contributed by atoms with Gasteiger partial charge in [0.1, 0.15) is 16.7 Å². The Morgan fingerprint density at radius 1 is 1.36 bits per heavy atom. The Morgan fingerprint density at radius 3 is 2.57 bits per heavy atom. The Kier molecular flexibility index (Phi) is 4.52. The van der Waals surface area contributed by atoms with Crippen molar-refractivity contribution in [1.82, 2.24) is 0 Å². The lowest BCUT2D eigenvalue weighted by molar-refractivity contribution is 0.186. The van der Waals surface area contributed by atoms with Gasteiger partial charge in [-0.3, -0.25) is 0 Å². The van der Waals surface area contributed by atoms with Gasteiger partial charge in [-0.15, -0.1) is 23.2 Å². The number of rotatable bonds is 4. The maximum Gasteiger partial charge on any atom is 0.137 e. The van der Waals surface area contributed by atoms with E-state index in [9.17, 15) is 5.11 Å². The van der Waals surface area contributed by atoms with Gasteiger partial charge < -0.3 is 9.84 Å². The molecular formula is C10H12Cl2O2. The molecule has 1 aromatic carbocycles. The van der Waals surface area contributed by atoms with E-state index in [0.29, 0.717) is 17.9 Å². The first-order valence-electron chi connectivity index (χ1n) is 4.34. The number of aliphatic hydroxyl groups is 1. The normalized spacial score (nSPS) is 12.9. The summed E-state index contributed by atoms with van der Waals surface area (Å²) in [5.41, 5.74) is 0.615. The summed E-state index contributed by atoms with van der Waals surface area (Å²) < 4.78 is 5.33. The van der Waals surface area contributed by atoms with Gasteiger partial charge in [0.2, 0.25) is 0 Å². The molecule has 1 N–H and O–H groups in total. The Hall–Kier alpha value is -0.440. The SMILES string of the molecule is CCOc1ccccc1C(O)C(Cl)Cl. The van der Waals surface area contributed by atoms with Crippen LogP contribution < -0.4 is 4.74 Å². The van der Waals surface area contributed by atoms with E-state index >= 15 is 0 Å². The van der Waals surface area contributed by atoms with Gasteiger partial charge >= 0.3 is 0 Å². The van der Waals surface area contributed by atoms with Crippen LogP contribution in [0.4, 0.5) is 0 Å². The van der Waals surface area contributed by atoms with Crippen LogP contribution in [-0.2, 0) is 0 Å². The molecule has 0 amide bonds. The third kappa shape index (κ3) is 2.77. The molecule has 0 saturated carbocycles. The fourth-order valence-corrected chi connectivity index (χ4v) is 1.42. The number of benzene rings is 1. The molecule has 0 bridgehead atoms. The third-order valence-corrected chi connectivity index (χ3v) is 2.25. The molecule has 0 fully saturated rings. The molecule has 1 atom stereocenters. The zero-order valence-corrected chi connectivity index (χ0v) is 9.29. The van der Waals surface area contributed by atoms with Crippen LogP contribution in [0.15, 0.2) is 24.3 Å². The predicted octanol–water partition coefficient (Wildman–Crippen LogP) is 2.92. The third-order valence-electron chi connectivity index (χ3n) is 1.78. The maximum atomic E-state index is 9.66. The van der Waals surface area contributed by atoms with E-state index in [-0.39, 0.29) is 0 Å². The number of hydrogen-bond donors (Lipinski definition) is 1. The lowest BCUT2D eigenvalue weighted by Crippen LogP contribution is -2.08. The zero-order valence-electron chi connectivity index (χ0n) is 7.78. The number of aliphatic hydroxyl groups excluding tert-OH is 1. The minimum atomic E-state index is -0.916. The second-order valence-electron chi connectivity index (χ2n) is 2.75.